The Morgan fingerprint density at radius 3 is 2.70 bits per heavy atom. The molecule has 1 saturated carbocycles. The van der Waals surface area contributed by atoms with Crippen molar-refractivity contribution in [3.8, 4) is 0 Å². The first-order chi connectivity index (χ1) is 9.56. The smallest absolute Gasteiger partial charge is 0.152 e. The number of rotatable bonds is 3. The molecule has 1 saturated heterocycles. The summed E-state index contributed by atoms with van der Waals surface area (Å²) >= 11 is 1.76. The van der Waals surface area contributed by atoms with Crippen molar-refractivity contribution in [2.75, 3.05) is 11.5 Å². The van der Waals surface area contributed by atoms with Crippen LogP contribution in [0.15, 0.2) is 0 Å². The van der Waals surface area contributed by atoms with Crippen LogP contribution in [0.3, 0.4) is 0 Å². The van der Waals surface area contributed by atoms with E-state index in [1.54, 1.807) is 11.3 Å². The molecule has 1 N–H and O–H groups in total. The first-order valence-corrected chi connectivity index (χ1v) is 10.2. The second-order valence-electron chi connectivity index (χ2n) is 6.44. The molecule has 0 spiro atoms. The van der Waals surface area contributed by atoms with Gasteiger partial charge >= 0.3 is 0 Å². The highest BCUT2D eigenvalue weighted by Gasteiger charge is 2.48. The van der Waals surface area contributed by atoms with E-state index >= 15 is 0 Å². The van der Waals surface area contributed by atoms with Crippen molar-refractivity contribution in [1.82, 2.24) is 10.3 Å². The van der Waals surface area contributed by atoms with Crippen LogP contribution in [0.1, 0.15) is 47.7 Å². The van der Waals surface area contributed by atoms with Crippen LogP contribution in [-0.2, 0) is 28.2 Å². The standard InChI is InChI=1S/C14H20N2O2S2/c17-20(18)8-7-14(9-20,16-10-5-6-10)13-15-11-3-1-2-4-12(11)19-13/h10,16H,1-9H2. The highest BCUT2D eigenvalue weighted by Crippen LogP contribution is 2.41. The van der Waals surface area contributed by atoms with E-state index in [0.717, 1.165) is 17.8 Å². The molecule has 2 fully saturated rings. The van der Waals surface area contributed by atoms with Crippen LogP contribution in [0, 0.1) is 0 Å². The lowest BCUT2D eigenvalue weighted by Crippen LogP contribution is -2.44. The Morgan fingerprint density at radius 2 is 2.05 bits per heavy atom. The number of thiazole rings is 1. The third-order valence-electron chi connectivity index (χ3n) is 4.62. The van der Waals surface area contributed by atoms with Gasteiger partial charge in [-0.05, 0) is 44.9 Å². The Labute approximate surface area is 123 Å². The van der Waals surface area contributed by atoms with Gasteiger partial charge in [0.05, 0.1) is 22.7 Å². The minimum Gasteiger partial charge on any atom is -0.302 e. The van der Waals surface area contributed by atoms with E-state index < -0.39 is 9.84 Å². The summed E-state index contributed by atoms with van der Waals surface area (Å²) in [6.45, 7) is 0. The number of hydrogen-bond donors (Lipinski definition) is 1. The van der Waals surface area contributed by atoms with Gasteiger partial charge in [0.25, 0.3) is 0 Å². The predicted octanol–water partition coefficient (Wildman–Crippen LogP) is 1.79. The van der Waals surface area contributed by atoms with Gasteiger partial charge in [0.15, 0.2) is 9.84 Å². The zero-order chi connectivity index (χ0) is 13.8. The lowest BCUT2D eigenvalue weighted by Gasteiger charge is -2.27. The fraction of sp³-hybridized carbons (Fsp3) is 0.786. The van der Waals surface area contributed by atoms with E-state index in [9.17, 15) is 8.42 Å². The fourth-order valence-electron chi connectivity index (χ4n) is 3.37. The number of hydrogen-bond acceptors (Lipinski definition) is 5. The maximum atomic E-state index is 12.0. The Bertz CT molecular complexity index is 610. The molecule has 4 nitrogen and oxygen atoms in total. The zero-order valence-electron chi connectivity index (χ0n) is 11.5. The molecule has 1 aliphatic heterocycles. The molecule has 1 unspecified atom stereocenters. The minimum absolute atomic E-state index is 0.239. The van der Waals surface area contributed by atoms with Crippen LogP contribution in [0.5, 0.6) is 0 Å². The summed E-state index contributed by atoms with van der Waals surface area (Å²) in [4.78, 5) is 6.24. The van der Waals surface area contributed by atoms with E-state index in [2.05, 4.69) is 5.32 Å². The van der Waals surface area contributed by atoms with Crippen molar-refractivity contribution >= 4 is 21.2 Å². The Morgan fingerprint density at radius 1 is 1.25 bits per heavy atom. The van der Waals surface area contributed by atoms with Crippen LogP contribution < -0.4 is 5.32 Å². The Balaban J connectivity index is 1.72. The van der Waals surface area contributed by atoms with Crippen molar-refractivity contribution in [2.45, 2.75) is 56.5 Å². The summed E-state index contributed by atoms with van der Waals surface area (Å²) in [5.41, 5.74) is 0.847. The summed E-state index contributed by atoms with van der Waals surface area (Å²) in [5.74, 6) is 0.542. The highest BCUT2D eigenvalue weighted by atomic mass is 32.2. The molecule has 1 aromatic heterocycles. The summed E-state index contributed by atoms with van der Waals surface area (Å²) < 4.78 is 24.0. The lowest BCUT2D eigenvalue weighted by atomic mass is 9.99. The Hall–Kier alpha value is -0.460. The van der Waals surface area contributed by atoms with Gasteiger partial charge in [-0.1, -0.05) is 0 Å². The molecule has 3 aliphatic rings. The maximum Gasteiger partial charge on any atom is 0.152 e. The SMILES string of the molecule is O=S1(=O)CCC(NC2CC2)(c2nc3c(s2)CCCC3)C1. The lowest BCUT2D eigenvalue weighted by molar-refractivity contribution is 0.369. The monoisotopic (exact) mass is 312 g/mol. The third-order valence-corrected chi connectivity index (χ3v) is 7.74. The van der Waals surface area contributed by atoms with Gasteiger partial charge in [0, 0.05) is 10.9 Å². The van der Waals surface area contributed by atoms with Crippen molar-refractivity contribution in [3.63, 3.8) is 0 Å². The topological polar surface area (TPSA) is 59.1 Å². The molecule has 1 atom stereocenters. The van der Waals surface area contributed by atoms with E-state index in [0.29, 0.717) is 18.2 Å². The van der Waals surface area contributed by atoms with Gasteiger partial charge in [-0.25, -0.2) is 13.4 Å². The quantitative estimate of drug-likeness (QED) is 0.924. The Kier molecular flexibility index (Phi) is 2.98. The second kappa shape index (κ2) is 4.52. The van der Waals surface area contributed by atoms with Crippen LogP contribution in [0.25, 0.3) is 0 Å². The van der Waals surface area contributed by atoms with Crippen LogP contribution in [0.4, 0.5) is 0 Å². The van der Waals surface area contributed by atoms with Crippen LogP contribution >= 0.6 is 11.3 Å². The molecule has 20 heavy (non-hydrogen) atoms. The molecule has 0 radical (unpaired) electrons. The van der Waals surface area contributed by atoms with E-state index in [1.165, 1.54) is 36.3 Å². The van der Waals surface area contributed by atoms with E-state index in [-0.39, 0.29) is 11.3 Å². The molecule has 110 valence electrons. The average Bonchev–Trinajstić information content (AvgIpc) is 3.00. The van der Waals surface area contributed by atoms with Gasteiger partial charge in [-0.2, -0.15) is 0 Å². The average molecular weight is 312 g/mol. The summed E-state index contributed by atoms with van der Waals surface area (Å²) in [6.07, 6.45) is 7.70. The number of aromatic nitrogens is 1. The molecule has 0 amide bonds. The number of nitrogens with zero attached hydrogens (tertiary/aromatic N) is 1. The molecule has 6 heteroatoms. The molecule has 2 aliphatic carbocycles. The van der Waals surface area contributed by atoms with Crippen molar-refractivity contribution < 1.29 is 8.42 Å². The van der Waals surface area contributed by atoms with Gasteiger partial charge in [0.1, 0.15) is 5.01 Å². The molecule has 0 bridgehead atoms. The van der Waals surface area contributed by atoms with Crippen molar-refractivity contribution in [3.05, 3.63) is 15.6 Å². The largest absolute Gasteiger partial charge is 0.302 e. The highest BCUT2D eigenvalue weighted by molar-refractivity contribution is 7.91. The minimum atomic E-state index is -2.92. The fourth-order valence-corrected chi connectivity index (χ4v) is 6.71. The number of sulfone groups is 1. The molecule has 1 aromatic rings. The van der Waals surface area contributed by atoms with Gasteiger partial charge in [-0.15, -0.1) is 11.3 Å². The van der Waals surface area contributed by atoms with E-state index in [4.69, 9.17) is 4.98 Å². The molecule has 4 rings (SSSR count). The van der Waals surface area contributed by atoms with Crippen molar-refractivity contribution in [2.24, 2.45) is 0 Å². The molecule has 0 aromatic carbocycles. The number of fused-ring (bicyclic) bond motifs is 1. The van der Waals surface area contributed by atoms with Gasteiger partial charge in [0.2, 0.25) is 0 Å². The maximum absolute atomic E-state index is 12.0. The normalized spacial score (nSPS) is 32.2. The van der Waals surface area contributed by atoms with Crippen LogP contribution in [0.2, 0.25) is 0 Å². The van der Waals surface area contributed by atoms with Crippen molar-refractivity contribution in [1.29, 1.82) is 0 Å². The molecular formula is C14H20N2O2S2. The molecule has 2 heterocycles. The number of aryl methyl sites for hydroxylation is 2. The van der Waals surface area contributed by atoms with E-state index in [1.807, 2.05) is 0 Å². The van der Waals surface area contributed by atoms with Gasteiger partial charge in [-0.3, -0.25) is 0 Å². The first kappa shape index (κ1) is 13.2. The number of nitrogens with one attached hydrogen (secondary N) is 1. The van der Waals surface area contributed by atoms with Gasteiger partial charge < -0.3 is 5.32 Å². The third kappa shape index (κ3) is 2.31. The second-order valence-corrected chi connectivity index (χ2v) is 9.71. The van der Waals surface area contributed by atoms with Crippen LogP contribution in [-0.4, -0.2) is 30.9 Å². The summed E-state index contributed by atoms with van der Waals surface area (Å²) in [7, 11) is -2.92. The summed E-state index contributed by atoms with van der Waals surface area (Å²) in [5, 5.41) is 4.66. The predicted molar refractivity (Wildman–Crippen MR) is 79.9 cm³/mol. The zero-order valence-corrected chi connectivity index (χ0v) is 13.2. The first-order valence-electron chi connectivity index (χ1n) is 7.54. The molecular weight excluding hydrogens is 292 g/mol. The summed E-state index contributed by atoms with van der Waals surface area (Å²) in [6, 6.07) is 0.504.